The van der Waals surface area contributed by atoms with E-state index in [2.05, 4.69) is 4.98 Å². The van der Waals surface area contributed by atoms with Crippen LogP contribution < -0.4 is 0 Å². The van der Waals surface area contributed by atoms with Gasteiger partial charge in [-0.2, -0.15) is 13.2 Å². The summed E-state index contributed by atoms with van der Waals surface area (Å²) in [6.45, 7) is 0. The zero-order chi connectivity index (χ0) is 13.3. The van der Waals surface area contributed by atoms with E-state index < -0.39 is 12.1 Å². The summed E-state index contributed by atoms with van der Waals surface area (Å²) >= 11 is 5.94. The second-order valence-corrected chi connectivity index (χ2v) is 5.06. The molecule has 1 aromatic heterocycles. The Labute approximate surface area is 108 Å². The van der Waals surface area contributed by atoms with E-state index in [1.54, 1.807) is 0 Å². The molecular weight excluding hydrogens is 267 g/mol. The molecule has 0 bridgehead atoms. The van der Waals surface area contributed by atoms with Gasteiger partial charge < -0.3 is 5.11 Å². The van der Waals surface area contributed by atoms with Gasteiger partial charge in [0.25, 0.3) is 0 Å². The second-order valence-electron chi connectivity index (χ2n) is 4.65. The summed E-state index contributed by atoms with van der Waals surface area (Å²) < 4.78 is 37.6. The Morgan fingerprint density at radius 1 is 1.22 bits per heavy atom. The maximum atomic E-state index is 12.5. The Morgan fingerprint density at radius 2 is 1.83 bits per heavy atom. The van der Waals surface area contributed by atoms with Crippen molar-refractivity contribution in [3.8, 4) is 5.75 Å². The molecule has 0 aliphatic heterocycles. The van der Waals surface area contributed by atoms with Crippen LogP contribution in [-0.4, -0.2) is 16.3 Å². The van der Waals surface area contributed by atoms with Gasteiger partial charge in [0.1, 0.15) is 5.75 Å². The van der Waals surface area contributed by atoms with Crippen molar-refractivity contribution < 1.29 is 18.3 Å². The van der Waals surface area contributed by atoms with Crippen LogP contribution in [0, 0.1) is 5.92 Å². The maximum Gasteiger partial charge on any atom is 0.391 e. The van der Waals surface area contributed by atoms with Crippen LogP contribution in [0.25, 0.3) is 0 Å². The molecule has 1 saturated carbocycles. The number of hydrogen-bond acceptors (Lipinski definition) is 2. The molecule has 1 aliphatic rings. The van der Waals surface area contributed by atoms with E-state index in [1.807, 2.05) is 0 Å². The molecule has 0 saturated heterocycles. The van der Waals surface area contributed by atoms with E-state index in [0.29, 0.717) is 23.6 Å². The third-order valence-electron chi connectivity index (χ3n) is 3.43. The molecule has 0 spiro atoms. The lowest BCUT2D eigenvalue weighted by molar-refractivity contribution is -0.182. The third kappa shape index (κ3) is 2.88. The highest BCUT2D eigenvalue weighted by Gasteiger charge is 2.41. The third-order valence-corrected chi connectivity index (χ3v) is 3.73. The normalized spacial score (nSPS) is 25.1. The average molecular weight is 280 g/mol. The number of nitrogens with zero attached hydrogens (tertiary/aromatic N) is 1. The van der Waals surface area contributed by atoms with Gasteiger partial charge in [0.2, 0.25) is 0 Å². The summed E-state index contributed by atoms with van der Waals surface area (Å²) in [6.07, 6.45) is -1.72. The number of rotatable bonds is 1. The quantitative estimate of drug-likeness (QED) is 0.832. The van der Waals surface area contributed by atoms with Crippen molar-refractivity contribution in [2.24, 2.45) is 5.92 Å². The van der Waals surface area contributed by atoms with Crippen molar-refractivity contribution in [2.75, 3.05) is 0 Å². The van der Waals surface area contributed by atoms with Crippen molar-refractivity contribution >= 4 is 11.6 Å². The molecule has 1 fully saturated rings. The molecule has 6 heteroatoms. The molecule has 18 heavy (non-hydrogen) atoms. The van der Waals surface area contributed by atoms with Crippen LogP contribution >= 0.6 is 11.6 Å². The topological polar surface area (TPSA) is 33.1 Å². The molecule has 2 rings (SSSR count). The Kier molecular flexibility index (Phi) is 3.71. The number of halogens is 4. The van der Waals surface area contributed by atoms with Crippen LogP contribution in [0.5, 0.6) is 5.75 Å². The first-order valence-electron chi connectivity index (χ1n) is 5.79. The Bertz CT molecular complexity index is 428. The largest absolute Gasteiger partial charge is 0.506 e. The molecule has 0 aromatic carbocycles. The molecule has 1 heterocycles. The highest BCUT2D eigenvalue weighted by molar-refractivity contribution is 6.31. The van der Waals surface area contributed by atoms with Crippen LogP contribution in [0.4, 0.5) is 13.2 Å². The summed E-state index contributed by atoms with van der Waals surface area (Å²) in [5.41, 5.74) is 0.593. The lowest BCUT2D eigenvalue weighted by Crippen LogP contribution is -2.27. The van der Waals surface area contributed by atoms with E-state index in [-0.39, 0.29) is 24.5 Å². The van der Waals surface area contributed by atoms with Gasteiger partial charge in [0.05, 0.1) is 22.8 Å². The average Bonchev–Trinajstić information content (AvgIpc) is 2.28. The predicted molar refractivity (Wildman–Crippen MR) is 61.7 cm³/mol. The van der Waals surface area contributed by atoms with Gasteiger partial charge in [-0.15, -0.1) is 0 Å². The molecule has 1 N–H and O–H groups in total. The standard InChI is InChI=1S/C12H13ClF3NO/c13-10-5-9(18)6-17-11(10)7-1-3-8(4-2-7)12(14,15)16/h5-8,18H,1-4H2. The fraction of sp³-hybridized carbons (Fsp3) is 0.583. The van der Waals surface area contributed by atoms with E-state index in [4.69, 9.17) is 11.6 Å². The molecule has 0 amide bonds. The van der Waals surface area contributed by atoms with Crippen molar-refractivity contribution in [1.82, 2.24) is 4.98 Å². The fourth-order valence-electron chi connectivity index (χ4n) is 2.43. The van der Waals surface area contributed by atoms with Crippen molar-refractivity contribution in [3.63, 3.8) is 0 Å². The van der Waals surface area contributed by atoms with Gasteiger partial charge in [-0.25, -0.2) is 0 Å². The molecule has 2 nitrogen and oxygen atoms in total. The van der Waals surface area contributed by atoms with Crippen LogP contribution in [0.2, 0.25) is 5.02 Å². The van der Waals surface area contributed by atoms with Crippen LogP contribution in [0.1, 0.15) is 37.3 Å². The zero-order valence-electron chi connectivity index (χ0n) is 9.54. The Morgan fingerprint density at radius 3 is 2.33 bits per heavy atom. The van der Waals surface area contributed by atoms with Gasteiger partial charge in [-0.3, -0.25) is 4.98 Å². The van der Waals surface area contributed by atoms with Crippen molar-refractivity contribution in [3.05, 3.63) is 23.0 Å². The van der Waals surface area contributed by atoms with Gasteiger partial charge in [-0.05, 0) is 25.7 Å². The first-order chi connectivity index (χ1) is 8.38. The van der Waals surface area contributed by atoms with E-state index in [1.165, 1.54) is 12.3 Å². The summed E-state index contributed by atoms with van der Waals surface area (Å²) in [5.74, 6) is -1.28. The SMILES string of the molecule is Oc1cnc(C2CCC(C(F)(F)F)CC2)c(Cl)c1. The first kappa shape index (κ1) is 13.5. The molecule has 1 aromatic rings. The van der Waals surface area contributed by atoms with E-state index >= 15 is 0 Å². The Hall–Kier alpha value is -0.970. The highest BCUT2D eigenvalue weighted by atomic mass is 35.5. The van der Waals surface area contributed by atoms with E-state index in [9.17, 15) is 18.3 Å². The minimum Gasteiger partial charge on any atom is -0.506 e. The minimum absolute atomic E-state index is 0.0345. The van der Waals surface area contributed by atoms with Gasteiger partial charge in [-0.1, -0.05) is 11.6 Å². The van der Waals surface area contributed by atoms with E-state index in [0.717, 1.165) is 0 Å². The monoisotopic (exact) mass is 279 g/mol. The van der Waals surface area contributed by atoms with Crippen molar-refractivity contribution in [1.29, 1.82) is 0 Å². The number of alkyl halides is 3. The number of aromatic hydroxyl groups is 1. The second kappa shape index (κ2) is 4.96. The number of hydrogen-bond donors (Lipinski definition) is 1. The van der Waals surface area contributed by atoms with Crippen LogP contribution in [0.15, 0.2) is 12.3 Å². The van der Waals surface area contributed by atoms with Crippen LogP contribution in [0.3, 0.4) is 0 Å². The van der Waals surface area contributed by atoms with Gasteiger partial charge in [0, 0.05) is 12.0 Å². The van der Waals surface area contributed by atoms with Crippen LogP contribution in [-0.2, 0) is 0 Å². The number of pyridine rings is 1. The first-order valence-corrected chi connectivity index (χ1v) is 6.17. The highest BCUT2D eigenvalue weighted by Crippen LogP contribution is 2.43. The smallest absolute Gasteiger partial charge is 0.391 e. The Balaban J connectivity index is 2.06. The summed E-state index contributed by atoms with van der Waals surface area (Å²) in [4.78, 5) is 4.03. The zero-order valence-corrected chi connectivity index (χ0v) is 10.3. The molecule has 100 valence electrons. The number of aromatic nitrogens is 1. The molecule has 1 aliphatic carbocycles. The minimum atomic E-state index is -4.10. The fourth-order valence-corrected chi connectivity index (χ4v) is 2.75. The maximum absolute atomic E-state index is 12.5. The lowest BCUT2D eigenvalue weighted by Gasteiger charge is -2.29. The van der Waals surface area contributed by atoms with Gasteiger partial charge >= 0.3 is 6.18 Å². The summed E-state index contributed by atoms with van der Waals surface area (Å²) in [6, 6.07) is 1.37. The summed E-state index contributed by atoms with van der Waals surface area (Å²) in [5, 5.41) is 9.51. The molecule has 0 radical (unpaired) electrons. The lowest BCUT2D eigenvalue weighted by atomic mass is 9.80. The van der Waals surface area contributed by atoms with Crippen molar-refractivity contribution in [2.45, 2.75) is 37.8 Å². The van der Waals surface area contributed by atoms with Gasteiger partial charge in [0.15, 0.2) is 0 Å². The molecule has 0 atom stereocenters. The molecular formula is C12H13ClF3NO. The predicted octanol–water partition coefficient (Wildman–Crippen LogP) is 4.28. The summed E-state index contributed by atoms with van der Waals surface area (Å²) in [7, 11) is 0. The molecule has 0 unspecified atom stereocenters.